The van der Waals surface area contributed by atoms with Gasteiger partial charge in [-0.05, 0) is 64.2 Å². The molecule has 0 spiro atoms. The number of hydrogen-bond donors (Lipinski definition) is 2. The van der Waals surface area contributed by atoms with Crippen molar-refractivity contribution in [2.45, 2.75) is 110 Å². The zero-order valence-electron chi connectivity index (χ0n) is 21.3. The molecule has 1 aromatic carbocycles. The number of nitrogens with one attached hydrogen (secondary N) is 2. The molecule has 3 amide bonds. The highest BCUT2D eigenvalue weighted by Gasteiger charge is 2.27. The van der Waals surface area contributed by atoms with E-state index in [0.29, 0.717) is 13.1 Å². The smallest absolute Gasteiger partial charge is 0.410 e. The molecule has 1 fully saturated rings. The molecule has 0 unspecified atom stereocenters. The average Bonchev–Trinajstić information content (AvgIpc) is 2.76. The Kier molecular flexibility index (Phi) is 11.6. The van der Waals surface area contributed by atoms with Crippen LogP contribution >= 0.6 is 0 Å². The molecule has 0 bridgehead atoms. The first-order valence-corrected chi connectivity index (χ1v) is 12.9. The molecule has 1 aromatic rings. The molecule has 0 atom stereocenters. The highest BCUT2D eigenvalue weighted by Crippen LogP contribution is 2.17. The number of aryl methyl sites for hydroxylation is 1. The Morgan fingerprint density at radius 1 is 0.939 bits per heavy atom. The standard InChI is InChI=1S/C27H45N3O3/c1-5-6-7-8-9-10-11-12-13-22-14-16-23(17-15-22)28-25(31)29-24-18-20-30(21-19-24)26(32)33-27(2,3)4/h14-17,24H,5-13,18-21H2,1-4H3,(H2,28,29,31). The first kappa shape index (κ1) is 27.0. The van der Waals surface area contributed by atoms with E-state index in [1.807, 2.05) is 32.9 Å². The lowest BCUT2D eigenvalue weighted by Gasteiger charge is -2.33. The molecule has 1 aliphatic rings. The zero-order valence-corrected chi connectivity index (χ0v) is 21.3. The summed E-state index contributed by atoms with van der Waals surface area (Å²) in [4.78, 5) is 26.3. The van der Waals surface area contributed by atoms with Gasteiger partial charge in [0, 0.05) is 24.8 Å². The number of ether oxygens (including phenoxy) is 1. The fourth-order valence-corrected chi connectivity index (χ4v) is 4.10. The molecule has 33 heavy (non-hydrogen) atoms. The van der Waals surface area contributed by atoms with Crippen LogP contribution in [0.4, 0.5) is 15.3 Å². The lowest BCUT2D eigenvalue weighted by atomic mass is 10.0. The SMILES string of the molecule is CCCCCCCCCCc1ccc(NC(=O)NC2CCN(C(=O)OC(C)(C)C)CC2)cc1. The fourth-order valence-electron chi connectivity index (χ4n) is 4.10. The first-order valence-electron chi connectivity index (χ1n) is 12.9. The molecule has 0 saturated carbocycles. The predicted molar refractivity (Wildman–Crippen MR) is 136 cm³/mol. The van der Waals surface area contributed by atoms with Crippen LogP contribution in [0, 0.1) is 0 Å². The predicted octanol–water partition coefficient (Wildman–Crippen LogP) is 6.89. The van der Waals surface area contributed by atoms with Crippen LogP contribution in [0.5, 0.6) is 0 Å². The Hall–Kier alpha value is -2.24. The monoisotopic (exact) mass is 459 g/mol. The zero-order chi connectivity index (χ0) is 24.1. The number of carbonyl (C=O) groups is 2. The van der Waals surface area contributed by atoms with E-state index >= 15 is 0 Å². The summed E-state index contributed by atoms with van der Waals surface area (Å²) < 4.78 is 5.42. The molecule has 1 heterocycles. The highest BCUT2D eigenvalue weighted by molar-refractivity contribution is 5.89. The summed E-state index contributed by atoms with van der Waals surface area (Å²) in [6, 6.07) is 8.04. The van der Waals surface area contributed by atoms with Gasteiger partial charge in [-0.1, -0.05) is 64.0 Å². The van der Waals surface area contributed by atoms with Crippen LogP contribution in [0.1, 0.15) is 97.5 Å². The number of nitrogens with zero attached hydrogens (tertiary/aromatic N) is 1. The molecule has 2 N–H and O–H groups in total. The van der Waals surface area contributed by atoms with Crippen molar-refractivity contribution in [1.29, 1.82) is 0 Å². The minimum atomic E-state index is -0.491. The molecule has 0 aliphatic carbocycles. The lowest BCUT2D eigenvalue weighted by molar-refractivity contribution is 0.0202. The van der Waals surface area contributed by atoms with Gasteiger partial charge in [0.1, 0.15) is 5.60 Å². The third-order valence-corrected chi connectivity index (χ3v) is 6.01. The van der Waals surface area contributed by atoms with E-state index in [-0.39, 0.29) is 18.2 Å². The van der Waals surface area contributed by atoms with Gasteiger partial charge in [-0.2, -0.15) is 0 Å². The second-order valence-electron chi connectivity index (χ2n) is 10.3. The van der Waals surface area contributed by atoms with Gasteiger partial charge in [0.25, 0.3) is 0 Å². The van der Waals surface area contributed by atoms with Crippen molar-refractivity contribution in [3.05, 3.63) is 29.8 Å². The number of hydrogen-bond acceptors (Lipinski definition) is 3. The molecular formula is C27H45N3O3. The highest BCUT2D eigenvalue weighted by atomic mass is 16.6. The number of unbranched alkanes of at least 4 members (excludes halogenated alkanes) is 7. The van der Waals surface area contributed by atoms with Crippen molar-refractivity contribution in [3.63, 3.8) is 0 Å². The molecular weight excluding hydrogens is 414 g/mol. The van der Waals surface area contributed by atoms with Crippen LogP contribution in [0.15, 0.2) is 24.3 Å². The van der Waals surface area contributed by atoms with Crippen molar-refractivity contribution in [3.8, 4) is 0 Å². The van der Waals surface area contributed by atoms with Gasteiger partial charge in [0.05, 0.1) is 0 Å². The van der Waals surface area contributed by atoms with E-state index in [1.165, 1.54) is 56.9 Å². The molecule has 0 radical (unpaired) electrons. The summed E-state index contributed by atoms with van der Waals surface area (Å²) in [6.45, 7) is 9.04. The van der Waals surface area contributed by atoms with E-state index in [1.54, 1.807) is 4.90 Å². The number of urea groups is 1. The largest absolute Gasteiger partial charge is 0.444 e. The van der Waals surface area contributed by atoms with Crippen LogP contribution in [0.25, 0.3) is 0 Å². The van der Waals surface area contributed by atoms with Gasteiger partial charge >= 0.3 is 12.1 Å². The molecule has 2 rings (SSSR count). The normalized spacial score (nSPS) is 14.7. The molecule has 6 nitrogen and oxygen atoms in total. The topological polar surface area (TPSA) is 70.7 Å². The van der Waals surface area contributed by atoms with Gasteiger partial charge in [-0.3, -0.25) is 0 Å². The maximum absolute atomic E-state index is 12.4. The van der Waals surface area contributed by atoms with Gasteiger partial charge in [0.2, 0.25) is 0 Å². The number of carbonyl (C=O) groups excluding carboxylic acids is 2. The number of rotatable bonds is 11. The van der Waals surface area contributed by atoms with Crippen LogP contribution in [0.2, 0.25) is 0 Å². The van der Waals surface area contributed by atoms with E-state index in [4.69, 9.17) is 4.74 Å². The summed E-state index contributed by atoms with van der Waals surface area (Å²) in [6.07, 6.45) is 12.9. The average molecular weight is 460 g/mol. The number of anilines is 1. The summed E-state index contributed by atoms with van der Waals surface area (Å²) in [5.41, 5.74) is 1.63. The number of amides is 3. The van der Waals surface area contributed by atoms with Crippen molar-refractivity contribution in [1.82, 2.24) is 10.2 Å². The summed E-state index contributed by atoms with van der Waals surface area (Å²) in [5, 5.41) is 5.95. The minimum Gasteiger partial charge on any atom is -0.444 e. The Morgan fingerprint density at radius 3 is 2.09 bits per heavy atom. The Morgan fingerprint density at radius 2 is 1.52 bits per heavy atom. The summed E-state index contributed by atoms with van der Waals surface area (Å²) >= 11 is 0. The van der Waals surface area contributed by atoms with Crippen LogP contribution < -0.4 is 10.6 Å². The van der Waals surface area contributed by atoms with Gasteiger partial charge in [-0.25, -0.2) is 9.59 Å². The van der Waals surface area contributed by atoms with Gasteiger partial charge in [-0.15, -0.1) is 0 Å². The quantitative estimate of drug-likeness (QED) is 0.354. The molecule has 186 valence electrons. The van der Waals surface area contributed by atoms with Crippen molar-refractivity contribution < 1.29 is 14.3 Å². The van der Waals surface area contributed by atoms with Crippen LogP contribution in [0.3, 0.4) is 0 Å². The number of likely N-dealkylation sites (tertiary alicyclic amines) is 1. The number of benzene rings is 1. The Balaban J connectivity index is 1.61. The third-order valence-electron chi connectivity index (χ3n) is 6.01. The maximum Gasteiger partial charge on any atom is 0.410 e. The van der Waals surface area contributed by atoms with Crippen molar-refractivity contribution in [2.75, 3.05) is 18.4 Å². The molecule has 0 aromatic heterocycles. The van der Waals surface area contributed by atoms with Crippen LogP contribution in [-0.2, 0) is 11.2 Å². The molecule has 1 saturated heterocycles. The van der Waals surface area contributed by atoms with E-state index in [0.717, 1.165) is 24.9 Å². The Labute approximate surface area is 200 Å². The van der Waals surface area contributed by atoms with E-state index < -0.39 is 5.60 Å². The molecule has 1 aliphatic heterocycles. The lowest BCUT2D eigenvalue weighted by Crippen LogP contribution is -2.48. The van der Waals surface area contributed by atoms with E-state index in [2.05, 4.69) is 29.7 Å². The first-order chi connectivity index (χ1) is 15.8. The number of piperidine rings is 1. The fraction of sp³-hybridized carbons (Fsp3) is 0.704. The summed E-state index contributed by atoms with van der Waals surface area (Å²) in [5.74, 6) is 0. The van der Waals surface area contributed by atoms with Crippen molar-refractivity contribution >= 4 is 17.8 Å². The second kappa shape index (κ2) is 14.1. The maximum atomic E-state index is 12.4. The summed E-state index contributed by atoms with van der Waals surface area (Å²) in [7, 11) is 0. The second-order valence-corrected chi connectivity index (χ2v) is 10.3. The van der Waals surface area contributed by atoms with Crippen molar-refractivity contribution in [2.24, 2.45) is 0 Å². The molecule has 6 heteroatoms. The van der Waals surface area contributed by atoms with E-state index in [9.17, 15) is 9.59 Å². The van der Waals surface area contributed by atoms with Crippen LogP contribution in [-0.4, -0.2) is 41.8 Å². The Bertz CT molecular complexity index is 704. The van der Waals surface area contributed by atoms with Gasteiger partial charge in [0.15, 0.2) is 0 Å². The third kappa shape index (κ3) is 11.4. The van der Waals surface area contributed by atoms with Gasteiger partial charge < -0.3 is 20.3 Å². The minimum absolute atomic E-state index is 0.0601.